The van der Waals surface area contributed by atoms with Gasteiger partial charge in [-0.3, -0.25) is 19.8 Å². The van der Waals surface area contributed by atoms with Crippen molar-refractivity contribution in [3.8, 4) is 5.75 Å². The molecule has 4 N–H and O–H groups in total. The quantitative estimate of drug-likeness (QED) is 0.254. The molecule has 4 unspecified atom stereocenters. The third-order valence-electron chi connectivity index (χ3n) is 5.78. The fourth-order valence-corrected chi connectivity index (χ4v) is 4.39. The molecular formula is C21H23ClN2O9. The van der Waals surface area contributed by atoms with E-state index in [2.05, 4.69) is 0 Å². The van der Waals surface area contributed by atoms with E-state index < -0.39 is 47.1 Å². The highest BCUT2D eigenvalue weighted by Gasteiger charge is 2.63. The topological polar surface area (TPSA) is 163 Å². The molecule has 0 radical (unpaired) electrons. The van der Waals surface area contributed by atoms with E-state index in [1.165, 1.54) is 55.6 Å². The summed E-state index contributed by atoms with van der Waals surface area (Å²) in [6, 6.07) is 8.39. The Labute approximate surface area is 193 Å². The molecule has 178 valence electrons. The number of piperidine rings is 1. The van der Waals surface area contributed by atoms with Crippen molar-refractivity contribution in [2.45, 2.75) is 30.4 Å². The summed E-state index contributed by atoms with van der Waals surface area (Å²) in [7, 11) is 2.33. The summed E-state index contributed by atoms with van der Waals surface area (Å²) in [6.45, 7) is 0. The Morgan fingerprint density at radius 3 is 2.06 bits per heavy atom. The van der Waals surface area contributed by atoms with Crippen LogP contribution in [0.1, 0.15) is 23.1 Å². The zero-order chi connectivity index (χ0) is 24.5. The zero-order valence-electron chi connectivity index (χ0n) is 17.6. The summed E-state index contributed by atoms with van der Waals surface area (Å²) in [5.41, 5.74) is 0.407. The van der Waals surface area contributed by atoms with Crippen LogP contribution >= 0.6 is 11.6 Å². The molecular weight excluding hydrogens is 460 g/mol. The summed E-state index contributed by atoms with van der Waals surface area (Å²) >= 11 is 5.92. The van der Waals surface area contributed by atoms with Crippen LogP contribution in [0.4, 0.5) is 0 Å². The average Bonchev–Trinajstić information content (AvgIpc) is 2.78. The van der Waals surface area contributed by atoms with Gasteiger partial charge in [0.2, 0.25) is 18.4 Å². The molecule has 1 amide bonds. The second-order valence-electron chi connectivity index (χ2n) is 7.50. The molecule has 4 atom stereocenters. The van der Waals surface area contributed by atoms with E-state index in [0.717, 1.165) is 7.11 Å². The molecule has 3 rings (SSSR count). The van der Waals surface area contributed by atoms with Gasteiger partial charge in [0.1, 0.15) is 17.7 Å². The van der Waals surface area contributed by atoms with Crippen molar-refractivity contribution in [3.63, 3.8) is 0 Å². The number of nitrogens with zero attached hydrogens (tertiary/aromatic N) is 2. The molecule has 1 heterocycles. The summed E-state index contributed by atoms with van der Waals surface area (Å²) in [6.07, 6.45) is -2.48. The number of benzene rings is 2. The van der Waals surface area contributed by atoms with Crippen LogP contribution in [0.3, 0.4) is 0 Å². The highest BCUT2D eigenvalue weighted by Crippen LogP contribution is 2.48. The lowest BCUT2D eigenvalue weighted by Gasteiger charge is -2.47. The second-order valence-corrected chi connectivity index (χ2v) is 7.94. The molecule has 12 heteroatoms. The molecule has 11 nitrogen and oxygen atoms in total. The van der Waals surface area contributed by atoms with Crippen molar-refractivity contribution < 1.29 is 39.6 Å². The van der Waals surface area contributed by atoms with Gasteiger partial charge in [-0.1, -0.05) is 35.9 Å². The van der Waals surface area contributed by atoms with Gasteiger partial charge < -0.3 is 29.9 Å². The number of hydrogen-bond donors (Lipinski definition) is 4. The molecule has 1 fully saturated rings. The van der Waals surface area contributed by atoms with E-state index in [1.807, 2.05) is 0 Å². The number of methoxy groups -OCH3 is 2. The first-order valence-electron chi connectivity index (χ1n) is 9.74. The zero-order valence-corrected chi connectivity index (χ0v) is 18.4. The van der Waals surface area contributed by atoms with Crippen molar-refractivity contribution >= 4 is 17.5 Å². The molecule has 1 aliphatic rings. The summed E-state index contributed by atoms with van der Waals surface area (Å²) in [4.78, 5) is 25.6. The van der Waals surface area contributed by atoms with Crippen LogP contribution in [0, 0.1) is 16.0 Å². The van der Waals surface area contributed by atoms with Crippen LogP contribution < -0.4 is 4.74 Å². The first-order chi connectivity index (χ1) is 15.5. The molecule has 2 aromatic rings. The van der Waals surface area contributed by atoms with E-state index in [9.17, 15) is 35.3 Å². The molecule has 0 aromatic heterocycles. The standard InChI is InChI=1S/C21H23ClN2O9/c1-32-14-9-5-11(6-10-14)15-16(21(28,29)33-2)19(25)23(20(26)27)17(18(15)24(30)31)12-3-7-13(22)8-4-12/h3-10,15-18,20,26-29H,1-2H3. The maximum absolute atomic E-state index is 13.4. The lowest BCUT2D eigenvalue weighted by molar-refractivity contribution is -0.545. The summed E-state index contributed by atoms with van der Waals surface area (Å²) in [5, 5.41) is 53.7. The normalized spacial score (nSPS) is 23.6. The van der Waals surface area contributed by atoms with Gasteiger partial charge in [-0.05, 0) is 35.4 Å². The highest BCUT2D eigenvalue weighted by atomic mass is 35.5. The maximum Gasteiger partial charge on any atom is 0.290 e. The number of hydrogen-bond acceptors (Lipinski definition) is 9. The third-order valence-corrected chi connectivity index (χ3v) is 6.03. The minimum Gasteiger partial charge on any atom is -0.497 e. The largest absolute Gasteiger partial charge is 0.497 e. The van der Waals surface area contributed by atoms with Crippen LogP contribution in [-0.2, 0) is 9.53 Å². The predicted octanol–water partition coefficient (Wildman–Crippen LogP) is 0.830. The Morgan fingerprint density at radius 1 is 1.06 bits per heavy atom. The predicted molar refractivity (Wildman–Crippen MR) is 113 cm³/mol. The Bertz CT molecular complexity index is 998. The third kappa shape index (κ3) is 4.64. The van der Waals surface area contributed by atoms with Crippen LogP contribution in [-0.4, -0.2) is 68.8 Å². The lowest BCUT2D eigenvalue weighted by atomic mass is 9.71. The van der Waals surface area contributed by atoms with Crippen molar-refractivity contribution in [2.24, 2.45) is 5.92 Å². The number of aliphatic hydroxyl groups excluding tert-OH is 1. The van der Waals surface area contributed by atoms with E-state index >= 15 is 0 Å². The first-order valence-corrected chi connectivity index (χ1v) is 10.1. The van der Waals surface area contributed by atoms with Crippen LogP contribution in [0.15, 0.2) is 48.5 Å². The Morgan fingerprint density at radius 2 is 1.61 bits per heavy atom. The van der Waals surface area contributed by atoms with Crippen molar-refractivity contribution in [3.05, 3.63) is 74.8 Å². The van der Waals surface area contributed by atoms with Crippen molar-refractivity contribution in [2.75, 3.05) is 14.2 Å². The maximum atomic E-state index is 13.4. The molecule has 0 saturated carbocycles. The minimum absolute atomic E-state index is 0.193. The molecule has 0 bridgehead atoms. The number of amides is 1. The Hall–Kier alpha value is -2.80. The molecule has 1 aliphatic heterocycles. The number of aliphatic hydroxyl groups is 4. The van der Waals surface area contributed by atoms with Gasteiger partial charge in [0, 0.05) is 17.1 Å². The van der Waals surface area contributed by atoms with Crippen LogP contribution in [0.25, 0.3) is 0 Å². The van der Waals surface area contributed by atoms with Crippen molar-refractivity contribution in [1.29, 1.82) is 0 Å². The van der Waals surface area contributed by atoms with E-state index in [1.54, 1.807) is 0 Å². The monoisotopic (exact) mass is 482 g/mol. The number of halogens is 1. The van der Waals surface area contributed by atoms with Gasteiger partial charge in [0.05, 0.1) is 13.0 Å². The lowest BCUT2D eigenvalue weighted by Crippen LogP contribution is -2.64. The number of carbonyl (C=O) groups excluding carboxylic acids is 1. The number of rotatable bonds is 7. The average molecular weight is 483 g/mol. The molecule has 0 aliphatic carbocycles. The summed E-state index contributed by atoms with van der Waals surface area (Å²) in [5.74, 6) is -7.31. The fraction of sp³-hybridized carbons (Fsp3) is 0.381. The van der Waals surface area contributed by atoms with Gasteiger partial charge in [-0.15, -0.1) is 0 Å². The molecule has 0 spiro atoms. The Balaban J connectivity index is 2.29. The smallest absolute Gasteiger partial charge is 0.290 e. The van der Waals surface area contributed by atoms with Crippen LogP contribution in [0.2, 0.25) is 5.02 Å². The van der Waals surface area contributed by atoms with Gasteiger partial charge in [0.25, 0.3) is 5.97 Å². The minimum atomic E-state index is -3.16. The van der Waals surface area contributed by atoms with Crippen molar-refractivity contribution in [1.82, 2.24) is 4.90 Å². The van der Waals surface area contributed by atoms with Gasteiger partial charge in [-0.25, -0.2) is 0 Å². The fourth-order valence-electron chi connectivity index (χ4n) is 4.27. The number of ether oxygens (including phenoxy) is 2. The number of carbonyl (C=O) groups is 1. The van der Waals surface area contributed by atoms with E-state index in [0.29, 0.717) is 15.7 Å². The van der Waals surface area contributed by atoms with Gasteiger partial charge >= 0.3 is 0 Å². The van der Waals surface area contributed by atoms with E-state index in [4.69, 9.17) is 21.1 Å². The van der Waals surface area contributed by atoms with Gasteiger partial charge in [-0.2, -0.15) is 0 Å². The van der Waals surface area contributed by atoms with Gasteiger partial charge in [0.15, 0.2) is 0 Å². The van der Waals surface area contributed by atoms with Crippen LogP contribution in [0.5, 0.6) is 5.75 Å². The molecule has 1 saturated heterocycles. The van der Waals surface area contributed by atoms with E-state index in [-0.39, 0.29) is 11.1 Å². The number of nitro groups is 1. The second kappa shape index (κ2) is 9.59. The summed E-state index contributed by atoms with van der Waals surface area (Å²) < 4.78 is 9.80. The molecule has 33 heavy (non-hydrogen) atoms. The SMILES string of the molecule is COc1ccc(C2C([N+](=O)[O-])C(c3ccc(Cl)cc3)N(C(O)O)C(=O)C2C(O)(O)OC)cc1. The number of likely N-dealkylation sites (tertiary alicyclic amines) is 1. The molecule has 2 aromatic carbocycles. The Kier molecular flexibility index (Phi) is 7.22. The highest BCUT2D eigenvalue weighted by molar-refractivity contribution is 6.30. The first kappa shape index (κ1) is 24.8.